The van der Waals surface area contributed by atoms with Gasteiger partial charge in [-0.1, -0.05) is 6.92 Å². The summed E-state index contributed by atoms with van der Waals surface area (Å²) < 4.78 is 25.6. The molecule has 0 saturated carbocycles. The van der Waals surface area contributed by atoms with Crippen molar-refractivity contribution in [3.05, 3.63) is 18.2 Å². The summed E-state index contributed by atoms with van der Waals surface area (Å²) in [6, 6.07) is 0. The van der Waals surface area contributed by atoms with Gasteiger partial charge < -0.3 is 10.3 Å². The molecule has 1 aromatic heterocycles. The van der Waals surface area contributed by atoms with Gasteiger partial charge in [0.05, 0.1) is 5.75 Å². The summed E-state index contributed by atoms with van der Waals surface area (Å²) in [4.78, 5) is 6.94. The van der Waals surface area contributed by atoms with Gasteiger partial charge >= 0.3 is 0 Å². The first-order chi connectivity index (χ1) is 8.14. The van der Waals surface area contributed by atoms with Crippen LogP contribution in [0.4, 0.5) is 0 Å². The molecule has 0 spiro atoms. The number of sulfonamides is 1. The standard InChI is InChI=1S/C10H20N4O2S/c1-2-4-11-8-9-17(15,16)14-5-3-10-12-6-7-13-10/h6-7,11,14H,2-5,8-9H2,1H3,(H,12,13). The van der Waals surface area contributed by atoms with Gasteiger partial charge in [0.1, 0.15) is 5.82 Å². The van der Waals surface area contributed by atoms with E-state index in [1.54, 1.807) is 12.4 Å². The second-order valence-electron chi connectivity index (χ2n) is 3.75. The van der Waals surface area contributed by atoms with Gasteiger partial charge in [-0.25, -0.2) is 18.1 Å². The number of nitrogens with one attached hydrogen (secondary N) is 3. The number of hydrogen-bond acceptors (Lipinski definition) is 4. The van der Waals surface area contributed by atoms with E-state index >= 15 is 0 Å². The zero-order chi connectivity index (χ0) is 12.6. The minimum atomic E-state index is -3.17. The third-order valence-corrected chi connectivity index (χ3v) is 3.60. The van der Waals surface area contributed by atoms with E-state index in [-0.39, 0.29) is 5.75 Å². The zero-order valence-corrected chi connectivity index (χ0v) is 10.9. The highest BCUT2D eigenvalue weighted by atomic mass is 32.2. The summed E-state index contributed by atoms with van der Waals surface area (Å²) in [5.41, 5.74) is 0. The fourth-order valence-corrected chi connectivity index (χ4v) is 2.31. The van der Waals surface area contributed by atoms with Crippen LogP contribution in [0.15, 0.2) is 12.4 Å². The highest BCUT2D eigenvalue weighted by Crippen LogP contribution is 1.90. The number of nitrogens with zero attached hydrogens (tertiary/aromatic N) is 1. The maximum absolute atomic E-state index is 11.5. The molecule has 3 N–H and O–H groups in total. The largest absolute Gasteiger partial charge is 0.349 e. The molecule has 0 aliphatic rings. The van der Waals surface area contributed by atoms with E-state index in [2.05, 4.69) is 20.0 Å². The first-order valence-electron chi connectivity index (χ1n) is 5.80. The Morgan fingerprint density at radius 1 is 1.35 bits per heavy atom. The minimum Gasteiger partial charge on any atom is -0.349 e. The SMILES string of the molecule is CCCNCCS(=O)(=O)NCCc1ncc[nH]1. The number of aromatic nitrogens is 2. The number of rotatable bonds is 9. The Morgan fingerprint density at radius 2 is 2.18 bits per heavy atom. The Bertz CT molecular complexity index is 388. The van der Waals surface area contributed by atoms with Crippen LogP contribution >= 0.6 is 0 Å². The van der Waals surface area contributed by atoms with E-state index in [1.807, 2.05) is 6.92 Å². The Balaban J connectivity index is 2.16. The molecule has 0 aliphatic carbocycles. The maximum atomic E-state index is 11.5. The quantitative estimate of drug-likeness (QED) is 0.540. The number of imidazole rings is 1. The van der Waals surface area contributed by atoms with Gasteiger partial charge in [-0.2, -0.15) is 0 Å². The first-order valence-corrected chi connectivity index (χ1v) is 7.45. The summed E-state index contributed by atoms with van der Waals surface area (Å²) in [6.45, 7) is 3.76. The van der Waals surface area contributed by atoms with Gasteiger partial charge in [-0.3, -0.25) is 0 Å². The van der Waals surface area contributed by atoms with Crippen LogP contribution in [0.2, 0.25) is 0 Å². The third-order valence-electron chi connectivity index (χ3n) is 2.21. The average molecular weight is 260 g/mol. The molecule has 98 valence electrons. The molecule has 0 unspecified atom stereocenters. The minimum absolute atomic E-state index is 0.116. The molecular formula is C10H20N4O2S. The molecule has 0 bridgehead atoms. The topological polar surface area (TPSA) is 86.9 Å². The number of hydrogen-bond donors (Lipinski definition) is 3. The van der Waals surface area contributed by atoms with Crippen molar-refractivity contribution in [3.63, 3.8) is 0 Å². The van der Waals surface area contributed by atoms with E-state index in [0.29, 0.717) is 19.5 Å². The van der Waals surface area contributed by atoms with Gasteiger partial charge in [0.15, 0.2) is 0 Å². The van der Waals surface area contributed by atoms with Crippen LogP contribution < -0.4 is 10.0 Å². The van der Waals surface area contributed by atoms with E-state index in [4.69, 9.17) is 0 Å². The van der Waals surface area contributed by atoms with Crippen molar-refractivity contribution >= 4 is 10.0 Å². The summed E-state index contributed by atoms with van der Waals surface area (Å²) in [5.74, 6) is 0.905. The van der Waals surface area contributed by atoms with Gasteiger partial charge in [0, 0.05) is 31.9 Å². The average Bonchev–Trinajstić information content (AvgIpc) is 2.77. The molecule has 7 heteroatoms. The van der Waals surface area contributed by atoms with Gasteiger partial charge in [0.2, 0.25) is 10.0 Å². The summed E-state index contributed by atoms with van der Waals surface area (Å²) in [6.07, 6.45) is 4.96. The molecule has 0 saturated heterocycles. The van der Waals surface area contributed by atoms with Crippen LogP contribution in [0.25, 0.3) is 0 Å². The van der Waals surface area contributed by atoms with Crippen molar-refractivity contribution in [3.8, 4) is 0 Å². The van der Waals surface area contributed by atoms with Gasteiger partial charge in [-0.05, 0) is 13.0 Å². The van der Waals surface area contributed by atoms with Crippen LogP contribution in [0.3, 0.4) is 0 Å². The predicted octanol–water partition coefficient (Wildman–Crippen LogP) is -0.129. The van der Waals surface area contributed by atoms with Crippen molar-refractivity contribution in [2.75, 3.05) is 25.4 Å². The van der Waals surface area contributed by atoms with Gasteiger partial charge in [-0.15, -0.1) is 0 Å². The molecule has 1 rings (SSSR count). The van der Waals surface area contributed by atoms with E-state index in [1.165, 1.54) is 0 Å². The smallest absolute Gasteiger partial charge is 0.212 e. The van der Waals surface area contributed by atoms with E-state index in [0.717, 1.165) is 18.8 Å². The van der Waals surface area contributed by atoms with Crippen molar-refractivity contribution in [1.82, 2.24) is 20.0 Å². The molecule has 1 heterocycles. The fourth-order valence-electron chi connectivity index (χ4n) is 1.34. The van der Waals surface area contributed by atoms with Crippen LogP contribution in [0.1, 0.15) is 19.2 Å². The van der Waals surface area contributed by atoms with E-state index in [9.17, 15) is 8.42 Å². The lowest BCUT2D eigenvalue weighted by molar-refractivity contribution is 0.575. The normalized spacial score (nSPS) is 11.8. The summed E-state index contributed by atoms with van der Waals surface area (Å²) in [5, 5.41) is 3.06. The maximum Gasteiger partial charge on any atom is 0.212 e. The second-order valence-corrected chi connectivity index (χ2v) is 5.68. The highest BCUT2D eigenvalue weighted by Gasteiger charge is 2.08. The lowest BCUT2D eigenvalue weighted by Gasteiger charge is -2.06. The molecule has 0 radical (unpaired) electrons. The molecule has 0 fully saturated rings. The molecule has 6 nitrogen and oxygen atoms in total. The van der Waals surface area contributed by atoms with Crippen LogP contribution in [-0.2, 0) is 16.4 Å². The fraction of sp³-hybridized carbons (Fsp3) is 0.700. The zero-order valence-electron chi connectivity index (χ0n) is 10.1. The highest BCUT2D eigenvalue weighted by molar-refractivity contribution is 7.89. The van der Waals surface area contributed by atoms with Gasteiger partial charge in [0.25, 0.3) is 0 Å². The number of H-pyrrole nitrogens is 1. The summed E-state index contributed by atoms with van der Waals surface area (Å²) in [7, 11) is -3.17. The number of aromatic amines is 1. The molecule has 0 aliphatic heterocycles. The molecule has 0 atom stereocenters. The predicted molar refractivity (Wildman–Crippen MR) is 67.2 cm³/mol. The Labute approximate surface area is 102 Å². The lowest BCUT2D eigenvalue weighted by Crippen LogP contribution is -2.33. The van der Waals surface area contributed by atoms with Crippen molar-refractivity contribution in [2.45, 2.75) is 19.8 Å². The second kappa shape index (κ2) is 7.41. The lowest BCUT2D eigenvalue weighted by atomic mass is 10.4. The van der Waals surface area contributed by atoms with Crippen LogP contribution in [0.5, 0.6) is 0 Å². The van der Waals surface area contributed by atoms with Crippen LogP contribution in [-0.4, -0.2) is 43.8 Å². The van der Waals surface area contributed by atoms with Crippen molar-refractivity contribution in [1.29, 1.82) is 0 Å². The van der Waals surface area contributed by atoms with Crippen LogP contribution in [0, 0.1) is 0 Å². The monoisotopic (exact) mass is 260 g/mol. The summed E-state index contributed by atoms with van der Waals surface area (Å²) >= 11 is 0. The molecule has 0 amide bonds. The first kappa shape index (κ1) is 14.1. The Kier molecular flexibility index (Phi) is 6.17. The Morgan fingerprint density at radius 3 is 2.82 bits per heavy atom. The Hall–Kier alpha value is -0.920. The molecule has 1 aromatic rings. The van der Waals surface area contributed by atoms with Crippen molar-refractivity contribution in [2.24, 2.45) is 0 Å². The molecule has 0 aromatic carbocycles. The molecular weight excluding hydrogens is 240 g/mol. The third kappa shape index (κ3) is 6.40. The van der Waals surface area contributed by atoms with Crippen molar-refractivity contribution < 1.29 is 8.42 Å². The van der Waals surface area contributed by atoms with E-state index < -0.39 is 10.0 Å². The molecule has 17 heavy (non-hydrogen) atoms.